The first-order valence-electron chi connectivity index (χ1n) is 9.61. The van der Waals surface area contributed by atoms with E-state index in [0.717, 1.165) is 10.8 Å². The number of benzene rings is 2. The van der Waals surface area contributed by atoms with Crippen molar-refractivity contribution >= 4 is 10.8 Å². The zero-order valence-electron chi connectivity index (χ0n) is 16.1. The molecule has 0 fully saturated rings. The molecule has 0 atom stereocenters. The average Bonchev–Trinajstić information content (AvgIpc) is 2.56. The summed E-state index contributed by atoms with van der Waals surface area (Å²) in [5, 5.41) is 13.0. The largest absolute Gasteiger partial charge is 0.324 e. The SMILES string of the molecule is CCC[N+](CCC)(CCC)CCC.[O]c1ccc2ccccc2c1. The van der Waals surface area contributed by atoms with Crippen molar-refractivity contribution in [2.75, 3.05) is 26.2 Å². The van der Waals surface area contributed by atoms with Gasteiger partial charge in [0.2, 0.25) is 0 Å². The Balaban J connectivity index is 0.000000242. The predicted molar refractivity (Wildman–Crippen MR) is 105 cm³/mol. The molecule has 0 amide bonds. The summed E-state index contributed by atoms with van der Waals surface area (Å²) in [7, 11) is 0. The molecule has 2 aromatic carbocycles. The predicted octanol–water partition coefficient (Wildman–Crippen LogP) is 6.43. The van der Waals surface area contributed by atoms with Crippen LogP contribution in [0.1, 0.15) is 53.4 Å². The fourth-order valence-corrected chi connectivity index (χ4v) is 3.74. The second kappa shape index (κ2) is 11.1. The van der Waals surface area contributed by atoms with Gasteiger partial charge < -0.3 is 4.48 Å². The third-order valence-electron chi connectivity index (χ3n) is 4.51. The van der Waals surface area contributed by atoms with Crippen molar-refractivity contribution in [1.82, 2.24) is 0 Å². The van der Waals surface area contributed by atoms with Crippen LogP contribution in [0.15, 0.2) is 42.5 Å². The van der Waals surface area contributed by atoms with Crippen molar-refractivity contribution in [2.45, 2.75) is 53.4 Å². The molecule has 0 aliphatic carbocycles. The van der Waals surface area contributed by atoms with Gasteiger partial charge in [-0.3, -0.25) is 5.11 Å². The Hall–Kier alpha value is -1.54. The fourth-order valence-electron chi connectivity index (χ4n) is 3.74. The number of nitrogens with zero attached hydrogens (tertiary/aromatic N) is 1. The van der Waals surface area contributed by atoms with Gasteiger partial charge in [0.25, 0.3) is 0 Å². The van der Waals surface area contributed by atoms with Crippen LogP contribution in [0.4, 0.5) is 0 Å². The molecule has 0 N–H and O–H groups in total. The highest BCUT2D eigenvalue weighted by atomic mass is 16.3. The molecule has 24 heavy (non-hydrogen) atoms. The smallest absolute Gasteiger partial charge is 0.179 e. The topological polar surface area (TPSA) is 19.9 Å². The summed E-state index contributed by atoms with van der Waals surface area (Å²) in [5.74, 6) is 0.0729. The van der Waals surface area contributed by atoms with Crippen LogP contribution in [0.2, 0.25) is 0 Å². The van der Waals surface area contributed by atoms with E-state index in [-0.39, 0.29) is 5.75 Å². The minimum atomic E-state index is 0.0729. The molecule has 0 aromatic heterocycles. The summed E-state index contributed by atoms with van der Waals surface area (Å²) >= 11 is 0. The third-order valence-corrected chi connectivity index (χ3v) is 4.51. The van der Waals surface area contributed by atoms with Crippen LogP contribution in [0, 0.1) is 0 Å². The molecule has 2 aromatic rings. The number of quaternary nitrogens is 1. The lowest BCUT2D eigenvalue weighted by Crippen LogP contribution is -2.50. The van der Waals surface area contributed by atoms with Crippen LogP contribution < -0.4 is 0 Å². The lowest BCUT2D eigenvalue weighted by atomic mass is 10.1. The van der Waals surface area contributed by atoms with Crippen molar-refractivity contribution in [3.05, 3.63) is 42.5 Å². The number of hydrogen-bond donors (Lipinski definition) is 0. The Kier molecular flexibility index (Phi) is 9.48. The maximum Gasteiger partial charge on any atom is 0.179 e. The van der Waals surface area contributed by atoms with Gasteiger partial charge in [0.05, 0.1) is 26.2 Å². The Morgan fingerprint density at radius 1 is 0.667 bits per heavy atom. The molecule has 0 heterocycles. The van der Waals surface area contributed by atoms with E-state index >= 15 is 0 Å². The second-order valence-corrected chi connectivity index (χ2v) is 6.75. The van der Waals surface area contributed by atoms with Gasteiger partial charge in [-0.2, -0.15) is 0 Å². The molecule has 133 valence electrons. The molecule has 2 nitrogen and oxygen atoms in total. The molecule has 0 bridgehead atoms. The summed E-state index contributed by atoms with van der Waals surface area (Å²) in [6.45, 7) is 14.8. The molecule has 2 heteroatoms. The molecule has 0 aliphatic rings. The van der Waals surface area contributed by atoms with Crippen molar-refractivity contribution < 1.29 is 9.59 Å². The van der Waals surface area contributed by atoms with E-state index in [4.69, 9.17) is 0 Å². The van der Waals surface area contributed by atoms with Crippen LogP contribution in [0.5, 0.6) is 5.75 Å². The summed E-state index contributed by atoms with van der Waals surface area (Å²) in [6, 6.07) is 12.9. The van der Waals surface area contributed by atoms with E-state index in [1.165, 1.54) is 56.3 Å². The lowest BCUT2D eigenvalue weighted by molar-refractivity contribution is -0.928. The van der Waals surface area contributed by atoms with E-state index in [0.29, 0.717) is 0 Å². The highest BCUT2D eigenvalue weighted by Crippen LogP contribution is 2.19. The average molecular weight is 330 g/mol. The van der Waals surface area contributed by atoms with Crippen molar-refractivity contribution in [1.29, 1.82) is 0 Å². The molecule has 0 spiro atoms. The number of hydrogen-bond acceptors (Lipinski definition) is 0. The van der Waals surface area contributed by atoms with Gasteiger partial charge in [0.1, 0.15) is 0 Å². The van der Waals surface area contributed by atoms with Crippen LogP contribution in [0.25, 0.3) is 10.8 Å². The molecule has 2 rings (SSSR count). The highest BCUT2D eigenvalue weighted by Gasteiger charge is 2.22. The number of rotatable bonds is 8. The van der Waals surface area contributed by atoms with E-state index in [2.05, 4.69) is 27.7 Å². The van der Waals surface area contributed by atoms with Crippen molar-refractivity contribution in [3.63, 3.8) is 0 Å². The Morgan fingerprint density at radius 3 is 1.58 bits per heavy atom. The second-order valence-electron chi connectivity index (χ2n) is 6.75. The first-order valence-corrected chi connectivity index (χ1v) is 9.61. The minimum Gasteiger partial charge on any atom is -0.324 e. The lowest BCUT2D eigenvalue weighted by Gasteiger charge is -2.38. The van der Waals surface area contributed by atoms with E-state index < -0.39 is 0 Å². The Morgan fingerprint density at radius 2 is 1.12 bits per heavy atom. The number of fused-ring (bicyclic) bond motifs is 1. The van der Waals surface area contributed by atoms with Gasteiger partial charge >= 0.3 is 0 Å². The third kappa shape index (κ3) is 6.52. The maximum atomic E-state index is 10.9. The van der Waals surface area contributed by atoms with Gasteiger partial charge in [0, 0.05) is 0 Å². The molecule has 0 saturated carbocycles. The van der Waals surface area contributed by atoms with Crippen LogP contribution in [0.3, 0.4) is 0 Å². The van der Waals surface area contributed by atoms with Crippen LogP contribution >= 0.6 is 0 Å². The fraction of sp³-hybridized carbons (Fsp3) is 0.545. The monoisotopic (exact) mass is 329 g/mol. The summed E-state index contributed by atoms with van der Waals surface area (Å²) in [6.07, 6.45) is 5.33. The highest BCUT2D eigenvalue weighted by molar-refractivity contribution is 5.83. The zero-order valence-corrected chi connectivity index (χ0v) is 16.1. The van der Waals surface area contributed by atoms with Gasteiger partial charge in [-0.05, 0) is 48.6 Å². The normalized spacial score (nSPS) is 11.2. The van der Waals surface area contributed by atoms with Crippen LogP contribution in [-0.4, -0.2) is 30.7 Å². The molecule has 0 aliphatic heterocycles. The summed E-state index contributed by atoms with van der Waals surface area (Å²) < 4.78 is 1.38. The Bertz CT molecular complexity index is 549. The molecule has 0 unspecified atom stereocenters. The summed E-state index contributed by atoms with van der Waals surface area (Å²) in [4.78, 5) is 0. The van der Waals surface area contributed by atoms with E-state index in [1.807, 2.05) is 30.3 Å². The van der Waals surface area contributed by atoms with Gasteiger partial charge in [0.15, 0.2) is 5.75 Å². The molecular formula is C22H35NO+. The molecule has 0 saturated heterocycles. The first kappa shape index (κ1) is 20.5. The van der Waals surface area contributed by atoms with Gasteiger partial charge in [-0.1, -0.05) is 58.0 Å². The zero-order chi connectivity index (χ0) is 17.8. The summed E-state index contributed by atoms with van der Waals surface area (Å²) in [5.41, 5.74) is 0. The molecule has 1 radical (unpaired) electrons. The van der Waals surface area contributed by atoms with Crippen molar-refractivity contribution in [3.8, 4) is 5.75 Å². The van der Waals surface area contributed by atoms with E-state index in [9.17, 15) is 5.11 Å². The quantitative estimate of drug-likeness (QED) is 0.497. The van der Waals surface area contributed by atoms with Crippen LogP contribution in [-0.2, 0) is 5.11 Å². The Labute approximate surface area is 148 Å². The first-order chi connectivity index (χ1) is 11.6. The van der Waals surface area contributed by atoms with Gasteiger partial charge in [-0.25, -0.2) is 0 Å². The minimum absolute atomic E-state index is 0.0729. The standard InChI is InChI=1S/C12H28N.C10H7O/c1-5-9-13(10-6-2,11-7-3)12-8-4;11-10-6-5-8-3-1-2-4-9(8)7-10/h5-12H2,1-4H3;1-7H/q+1;. The van der Waals surface area contributed by atoms with E-state index in [1.54, 1.807) is 12.1 Å². The van der Waals surface area contributed by atoms with Crippen molar-refractivity contribution in [2.24, 2.45) is 0 Å². The maximum absolute atomic E-state index is 10.9. The van der Waals surface area contributed by atoms with Gasteiger partial charge in [-0.15, -0.1) is 0 Å². The molecular weight excluding hydrogens is 294 g/mol.